The van der Waals surface area contributed by atoms with Crippen LogP contribution >= 0.6 is 0 Å². The Bertz CT molecular complexity index is 483. The predicted octanol–water partition coefficient (Wildman–Crippen LogP) is 2.25. The van der Waals surface area contributed by atoms with E-state index in [0.717, 1.165) is 17.1 Å². The quantitative estimate of drug-likeness (QED) is 0.818. The number of ether oxygens (including phenoxy) is 2. The molecule has 0 bridgehead atoms. The minimum atomic E-state index is 0.404. The number of nitrogens with two attached hydrogens (primary N) is 1. The fourth-order valence-electron chi connectivity index (χ4n) is 1.37. The lowest BCUT2D eigenvalue weighted by atomic mass is 10.3. The Balaban J connectivity index is 1.99. The van der Waals surface area contributed by atoms with Crippen molar-refractivity contribution in [2.75, 3.05) is 12.8 Å². The molecule has 0 saturated carbocycles. The molecule has 0 aliphatic carbocycles. The highest BCUT2D eigenvalue weighted by Crippen LogP contribution is 2.15. The summed E-state index contributed by atoms with van der Waals surface area (Å²) < 4.78 is 10.6. The van der Waals surface area contributed by atoms with Gasteiger partial charge in [-0.25, -0.2) is 4.98 Å². The first-order valence-electron chi connectivity index (χ1n) is 5.26. The van der Waals surface area contributed by atoms with Crippen molar-refractivity contribution in [3.05, 3.63) is 48.2 Å². The van der Waals surface area contributed by atoms with Crippen molar-refractivity contribution in [3.8, 4) is 11.6 Å². The van der Waals surface area contributed by atoms with Gasteiger partial charge in [-0.05, 0) is 30.3 Å². The van der Waals surface area contributed by atoms with E-state index < -0.39 is 0 Å². The summed E-state index contributed by atoms with van der Waals surface area (Å²) in [5.41, 5.74) is 7.13. The average molecular weight is 230 g/mol. The Hall–Kier alpha value is -2.23. The number of benzene rings is 1. The molecular weight excluding hydrogens is 216 g/mol. The van der Waals surface area contributed by atoms with Gasteiger partial charge in [0.2, 0.25) is 5.88 Å². The Labute approximate surface area is 100 Å². The van der Waals surface area contributed by atoms with Crippen LogP contribution in [0.25, 0.3) is 0 Å². The summed E-state index contributed by atoms with van der Waals surface area (Å²) in [6, 6.07) is 12.8. The SMILES string of the molecule is COc1cccc(COc2ccc(N)cc2)n1. The molecule has 88 valence electrons. The molecule has 2 aromatic rings. The highest BCUT2D eigenvalue weighted by molar-refractivity contribution is 5.41. The van der Waals surface area contributed by atoms with Crippen LogP contribution in [0.4, 0.5) is 5.69 Å². The number of aromatic nitrogens is 1. The zero-order valence-corrected chi connectivity index (χ0v) is 9.59. The van der Waals surface area contributed by atoms with Crippen LogP contribution in [0.15, 0.2) is 42.5 Å². The largest absolute Gasteiger partial charge is 0.487 e. The molecule has 0 unspecified atom stereocenters. The van der Waals surface area contributed by atoms with Crippen molar-refractivity contribution in [1.29, 1.82) is 0 Å². The van der Waals surface area contributed by atoms with E-state index in [-0.39, 0.29) is 0 Å². The van der Waals surface area contributed by atoms with E-state index in [2.05, 4.69) is 4.98 Å². The second-order valence-electron chi connectivity index (χ2n) is 3.53. The molecule has 0 saturated heterocycles. The second-order valence-corrected chi connectivity index (χ2v) is 3.53. The number of nitrogens with zero attached hydrogens (tertiary/aromatic N) is 1. The van der Waals surface area contributed by atoms with Crippen LogP contribution in [0.3, 0.4) is 0 Å². The molecule has 2 N–H and O–H groups in total. The van der Waals surface area contributed by atoms with Crippen molar-refractivity contribution in [1.82, 2.24) is 4.98 Å². The Kier molecular flexibility index (Phi) is 3.45. The van der Waals surface area contributed by atoms with Gasteiger partial charge in [0.05, 0.1) is 12.8 Å². The highest BCUT2D eigenvalue weighted by Gasteiger charge is 1.99. The molecule has 0 radical (unpaired) electrons. The zero-order valence-electron chi connectivity index (χ0n) is 9.59. The first kappa shape index (κ1) is 11.3. The fraction of sp³-hybridized carbons (Fsp3) is 0.154. The molecule has 1 heterocycles. The molecule has 1 aromatic carbocycles. The van der Waals surface area contributed by atoms with Gasteiger partial charge in [-0.1, -0.05) is 6.07 Å². The van der Waals surface area contributed by atoms with Gasteiger partial charge in [0.1, 0.15) is 12.4 Å². The molecule has 0 amide bonds. The maximum Gasteiger partial charge on any atom is 0.213 e. The molecule has 17 heavy (non-hydrogen) atoms. The molecule has 4 nitrogen and oxygen atoms in total. The minimum absolute atomic E-state index is 0.404. The van der Waals surface area contributed by atoms with Crippen LogP contribution < -0.4 is 15.2 Å². The Morgan fingerprint density at radius 1 is 1.12 bits per heavy atom. The van der Waals surface area contributed by atoms with Gasteiger partial charge in [0, 0.05) is 11.8 Å². The van der Waals surface area contributed by atoms with E-state index in [1.54, 1.807) is 25.3 Å². The van der Waals surface area contributed by atoms with Crippen molar-refractivity contribution in [2.45, 2.75) is 6.61 Å². The summed E-state index contributed by atoms with van der Waals surface area (Å²) in [5.74, 6) is 1.35. The molecule has 0 aliphatic rings. The summed E-state index contributed by atoms with van der Waals surface area (Å²) in [7, 11) is 1.59. The number of anilines is 1. The highest BCUT2D eigenvalue weighted by atomic mass is 16.5. The third-order valence-corrected chi connectivity index (χ3v) is 2.26. The van der Waals surface area contributed by atoms with Crippen molar-refractivity contribution in [3.63, 3.8) is 0 Å². The number of rotatable bonds is 4. The van der Waals surface area contributed by atoms with Crippen LogP contribution in [0.1, 0.15) is 5.69 Å². The van der Waals surface area contributed by atoms with Gasteiger partial charge in [0.15, 0.2) is 0 Å². The number of nitrogen functional groups attached to an aromatic ring is 1. The molecule has 1 aromatic heterocycles. The van der Waals surface area contributed by atoms with Crippen LogP contribution in [0.2, 0.25) is 0 Å². The lowest BCUT2D eigenvalue weighted by molar-refractivity contribution is 0.298. The number of hydrogen-bond acceptors (Lipinski definition) is 4. The fourth-order valence-corrected chi connectivity index (χ4v) is 1.37. The topological polar surface area (TPSA) is 57.4 Å². The molecule has 2 rings (SSSR count). The minimum Gasteiger partial charge on any atom is -0.487 e. The van der Waals surface area contributed by atoms with Crippen LogP contribution in [0.5, 0.6) is 11.6 Å². The monoisotopic (exact) mass is 230 g/mol. The molecule has 0 atom stereocenters. The van der Waals surface area contributed by atoms with Gasteiger partial charge in [-0.3, -0.25) is 0 Å². The molecular formula is C13H14N2O2. The van der Waals surface area contributed by atoms with E-state index in [1.807, 2.05) is 24.3 Å². The number of hydrogen-bond donors (Lipinski definition) is 1. The van der Waals surface area contributed by atoms with E-state index in [1.165, 1.54) is 0 Å². The molecule has 0 spiro atoms. The Morgan fingerprint density at radius 2 is 1.88 bits per heavy atom. The van der Waals surface area contributed by atoms with Gasteiger partial charge < -0.3 is 15.2 Å². The maximum atomic E-state index is 5.59. The van der Waals surface area contributed by atoms with Gasteiger partial charge in [0.25, 0.3) is 0 Å². The van der Waals surface area contributed by atoms with E-state index in [4.69, 9.17) is 15.2 Å². The normalized spacial score (nSPS) is 9.94. The lowest BCUT2D eigenvalue weighted by Crippen LogP contribution is -1.99. The molecule has 0 fully saturated rings. The summed E-state index contributed by atoms with van der Waals surface area (Å²) in [6.45, 7) is 0.404. The predicted molar refractivity (Wildman–Crippen MR) is 66.0 cm³/mol. The Morgan fingerprint density at radius 3 is 2.59 bits per heavy atom. The molecule has 4 heteroatoms. The van der Waals surface area contributed by atoms with Crippen LogP contribution in [-0.4, -0.2) is 12.1 Å². The van der Waals surface area contributed by atoms with Crippen molar-refractivity contribution in [2.24, 2.45) is 0 Å². The lowest BCUT2D eigenvalue weighted by Gasteiger charge is -2.06. The van der Waals surface area contributed by atoms with Crippen LogP contribution in [-0.2, 0) is 6.61 Å². The molecule has 0 aliphatic heterocycles. The van der Waals surface area contributed by atoms with Crippen LogP contribution in [0, 0.1) is 0 Å². The third kappa shape index (κ3) is 3.11. The van der Waals surface area contributed by atoms with E-state index in [9.17, 15) is 0 Å². The van der Waals surface area contributed by atoms with E-state index in [0.29, 0.717) is 12.5 Å². The third-order valence-electron chi connectivity index (χ3n) is 2.26. The number of methoxy groups -OCH3 is 1. The standard InChI is InChI=1S/C13H14N2O2/c1-16-13-4-2-3-11(15-13)9-17-12-7-5-10(14)6-8-12/h2-8H,9,14H2,1H3. The van der Waals surface area contributed by atoms with Gasteiger partial charge in [-0.15, -0.1) is 0 Å². The van der Waals surface area contributed by atoms with Crippen molar-refractivity contribution < 1.29 is 9.47 Å². The maximum absolute atomic E-state index is 5.59. The van der Waals surface area contributed by atoms with Gasteiger partial charge in [-0.2, -0.15) is 0 Å². The van der Waals surface area contributed by atoms with E-state index >= 15 is 0 Å². The second kappa shape index (κ2) is 5.21. The average Bonchev–Trinajstić information content (AvgIpc) is 2.38. The van der Waals surface area contributed by atoms with Gasteiger partial charge >= 0.3 is 0 Å². The first-order valence-corrected chi connectivity index (χ1v) is 5.26. The number of pyridine rings is 1. The smallest absolute Gasteiger partial charge is 0.213 e. The summed E-state index contributed by atoms with van der Waals surface area (Å²) in [5, 5.41) is 0. The first-order chi connectivity index (χ1) is 8.28. The summed E-state index contributed by atoms with van der Waals surface area (Å²) in [6.07, 6.45) is 0. The summed E-state index contributed by atoms with van der Waals surface area (Å²) in [4.78, 5) is 4.25. The summed E-state index contributed by atoms with van der Waals surface area (Å²) >= 11 is 0. The zero-order chi connectivity index (χ0) is 12.1. The van der Waals surface area contributed by atoms with Crippen molar-refractivity contribution >= 4 is 5.69 Å².